The number of rotatable bonds is 4. The predicted octanol–water partition coefficient (Wildman–Crippen LogP) is 9.42. The van der Waals surface area contributed by atoms with E-state index in [1.165, 1.54) is 43.3 Å². The minimum absolute atomic E-state index is 0.495. The summed E-state index contributed by atoms with van der Waals surface area (Å²) in [5, 5.41) is 9.11. The van der Waals surface area contributed by atoms with E-state index < -0.39 is 0 Å². The Hall–Kier alpha value is -6.13. The smallest absolute Gasteiger partial charge is 0.164 e. The summed E-state index contributed by atoms with van der Waals surface area (Å²) >= 11 is 0. The average Bonchev–Trinajstić information content (AvgIpc) is 3.53. The third kappa shape index (κ3) is 4.63. The van der Waals surface area contributed by atoms with E-state index in [4.69, 9.17) is 15.0 Å². The van der Waals surface area contributed by atoms with Gasteiger partial charge in [-0.2, -0.15) is 0 Å². The molecule has 4 heteroatoms. The molecule has 2 aliphatic carbocycles. The molecule has 1 unspecified atom stereocenters. The zero-order valence-corrected chi connectivity index (χ0v) is 26.9. The van der Waals surface area contributed by atoms with Crippen LogP contribution in [0.25, 0.3) is 83.9 Å². The third-order valence-electron chi connectivity index (χ3n) is 10.2. The van der Waals surface area contributed by atoms with Crippen LogP contribution in [0.4, 0.5) is 0 Å². The van der Waals surface area contributed by atoms with Crippen molar-refractivity contribution in [2.45, 2.75) is 19.3 Å². The summed E-state index contributed by atoms with van der Waals surface area (Å²) in [5.41, 5.74) is 6.94. The summed E-state index contributed by atoms with van der Waals surface area (Å²) in [6, 6.07) is 47.1. The van der Waals surface area contributed by atoms with Crippen molar-refractivity contribution in [3.05, 3.63) is 156 Å². The van der Waals surface area contributed by atoms with Gasteiger partial charge in [-0.05, 0) is 65.1 Å². The van der Waals surface area contributed by atoms with Crippen LogP contribution in [0.3, 0.4) is 0 Å². The zero-order valence-electron chi connectivity index (χ0n) is 26.9. The largest absolute Gasteiger partial charge is 0.310 e. The first kappa shape index (κ1) is 27.9. The van der Waals surface area contributed by atoms with E-state index in [1.807, 2.05) is 60.7 Å². The molecule has 232 valence electrons. The molecule has 0 aliphatic heterocycles. The second-order valence-corrected chi connectivity index (χ2v) is 13.1. The molecule has 8 aromatic rings. The molecule has 2 aliphatic rings. The normalized spacial score (nSPS) is 15.3. The van der Waals surface area contributed by atoms with Gasteiger partial charge in [0.2, 0.25) is 0 Å². The van der Waals surface area contributed by atoms with Gasteiger partial charge in [0, 0.05) is 38.9 Å². The number of nitrogens with zero attached hydrogens (tertiary/aromatic N) is 4. The van der Waals surface area contributed by atoms with E-state index in [-0.39, 0.29) is 0 Å². The first-order chi connectivity index (χ1) is 24.3. The molecule has 0 saturated heterocycles. The highest BCUT2D eigenvalue weighted by Gasteiger charge is 2.23. The van der Waals surface area contributed by atoms with Crippen molar-refractivity contribution in [2.75, 3.05) is 0 Å². The van der Waals surface area contributed by atoms with Crippen molar-refractivity contribution in [1.29, 1.82) is 0 Å². The van der Waals surface area contributed by atoms with Gasteiger partial charge in [-0.1, -0.05) is 133 Å². The van der Waals surface area contributed by atoms with Crippen LogP contribution in [-0.4, -0.2) is 19.5 Å². The van der Waals surface area contributed by atoms with Crippen molar-refractivity contribution < 1.29 is 0 Å². The first-order valence-corrected chi connectivity index (χ1v) is 17.1. The lowest BCUT2D eigenvalue weighted by Gasteiger charge is -2.22. The van der Waals surface area contributed by atoms with Gasteiger partial charge in [-0.15, -0.1) is 0 Å². The van der Waals surface area contributed by atoms with Crippen LogP contribution in [0, 0.1) is 5.92 Å². The first-order valence-electron chi connectivity index (χ1n) is 17.1. The number of benzene rings is 6. The standard InChI is InChI=1S/C45H32N4/c1-3-13-31(14-4-1)43-46-44(32-15-5-2-6-16-32)48-45(47-43)35-20-19-34-28-36(24-21-33(34)27-35)49-39-25-22-29-11-7-9-17-37(29)41(39)42-38-18-10-8-12-30(38)23-26-40(42)49/h1-9,11-17,19-22,24-28,30H,10,18,23H2. The van der Waals surface area contributed by atoms with E-state index in [1.54, 1.807) is 5.57 Å². The van der Waals surface area contributed by atoms with Gasteiger partial charge in [0.15, 0.2) is 17.5 Å². The topological polar surface area (TPSA) is 43.6 Å². The molecule has 0 fully saturated rings. The summed E-state index contributed by atoms with van der Waals surface area (Å²) in [5.74, 6) is 2.50. The zero-order chi connectivity index (χ0) is 32.3. The summed E-state index contributed by atoms with van der Waals surface area (Å²) in [7, 11) is 0. The summed E-state index contributed by atoms with van der Waals surface area (Å²) in [6.45, 7) is 0. The third-order valence-corrected chi connectivity index (χ3v) is 10.2. The van der Waals surface area contributed by atoms with Gasteiger partial charge < -0.3 is 4.57 Å². The van der Waals surface area contributed by atoms with Crippen molar-refractivity contribution in [2.24, 2.45) is 5.92 Å². The van der Waals surface area contributed by atoms with Crippen LogP contribution in [-0.2, 0) is 0 Å². The molecule has 2 aromatic heterocycles. The van der Waals surface area contributed by atoms with Crippen LogP contribution in [0.1, 0.15) is 19.3 Å². The summed E-state index contributed by atoms with van der Waals surface area (Å²) < 4.78 is 2.50. The van der Waals surface area contributed by atoms with Crippen molar-refractivity contribution >= 4 is 44.1 Å². The fraction of sp³-hybridized carbons (Fsp3) is 0.0889. The number of allylic oxidation sites excluding steroid dienone is 2. The molecule has 1 atom stereocenters. The number of hydrogen-bond donors (Lipinski definition) is 0. The van der Waals surface area contributed by atoms with Crippen LogP contribution in [0.2, 0.25) is 0 Å². The van der Waals surface area contributed by atoms with Gasteiger partial charge in [0.05, 0.1) is 10.9 Å². The van der Waals surface area contributed by atoms with Crippen LogP contribution >= 0.6 is 0 Å². The maximum atomic E-state index is 4.97. The Bertz CT molecular complexity index is 2680. The minimum atomic E-state index is 0.495. The molecule has 0 spiro atoms. The van der Waals surface area contributed by atoms with Gasteiger partial charge >= 0.3 is 0 Å². The van der Waals surface area contributed by atoms with E-state index >= 15 is 0 Å². The maximum absolute atomic E-state index is 4.97. The quantitative estimate of drug-likeness (QED) is 0.182. The molecule has 6 aromatic carbocycles. The SMILES string of the molecule is C1=CC2CC=c3c(c4c5ccccc5ccc4n3-c3ccc4cc(-c5nc(-c6ccccc6)nc(-c6ccccc6)n5)ccc4c3)=C2CC1. The Morgan fingerprint density at radius 3 is 2.00 bits per heavy atom. The fourth-order valence-corrected chi connectivity index (χ4v) is 7.90. The van der Waals surface area contributed by atoms with Crippen LogP contribution in [0.5, 0.6) is 0 Å². The molecule has 0 N–H and O–H groups in total. The monoisotopic (exact) mass is 628 g/mol. The van der Waals surface area contributed by atoms with Crippen LogP contribution < -0.4 is 10.6 Å². The molecule has 0 bridgehead atoms. The summed E-state index contributed by atoms with van der Waals surface area (Å²) in [6.07, 6.45) is 10.5. The molecule has 4 nitrogen and oxygen atoms in total. The Morgan fingerprint density at radius 1 is 0.571 bits per heavy atom. The molecule has 49 heavy (non-hydrogen) atoms. The number of hydrogen-bond acceptors (Lipinski definition) is 3. The van der Waals surface area contributed by atoms with Crippen molar-refractivity contribution in [1.82, 2.24) is 19.5 Å². The highest BCUT2D eigenvalue weighted by molar-refractivity contribution is 6.08. The van der Waals surface area contributed by atoms with Gasteiger partial charge in [0.25, 0.3) is 0 Å². The fourth-order valence-electron chi connectivity index (χ4n) is 7.90. The minimum Gasteiger partial charge on any atom is -0.310 e. The second-order valence-electron chi connectivity index (χ2n) is 13.1. The lowest BCUT2D eigenvalue weighted by atomic mass is 9.83. The van der Waals surface area contributed by atoms with E-state index in [2.05, 4.69) is 95.6 Å². The molecule has 0 saturated carbocycles. The second kappa shape index (κ2) is 11.2. The summed E-state index contributed by atoms with van der Waals surface area (Å²) in [4.78, 5) is 14.8. The van der Waals surface area contributed by atoms with E-state index in [0.29, 0.717) is 23.4 Å². The Kier molecular flexibility index (Phi) is 6.41. The van der Waals surface area contributed by atoms with Gasteiger partial charge in [-0.3, -0.25) is 0 Å². The van der Waals surface area contributed by atoms with Crippen molar-refractivity contribution in [3.8, 4) is 39.9 Å². The average molecular weight is 629 g/mol. The van der Waals surface area contributed by atoms with Gasteiger partial charge in [0.1, 0.15) is 0 Å². The van der Waals surface area contributed by atoms with Crippen LogP contribution in [0.15, 0.2) is 146 Å². The Balaban J connectivity index is 1.14. The van der Waals surface area contributed by atoms with Gasteiger partial charge in [-0.25, -0.2) is 15.0 Å². The molecule has 2 heterocycles. The highest BCUT2D eigenvalue weighted by atomic mass is 15.0. The highest BCUT2D eigenvalue weighted by Crippen LogP contribution is 2.33. The molecular weight excluding hydrogens is 597 g/mol. The van der Waals surface area contributed by atoms with Crippen molar-refractivity contribution in [3.63, 3.8) is 0 Å². The number of fused-ring (bicyclic) bond motifs is 7. The predicted molar refractivity (Wildman–Crippen MR) is 202 cm³/mol. The maximum Gasteiger partial charge on any atom is 0.164 e. The Labute approximate surface area is 284 Å². The van der Waals surface area contributed by atoms with E-state index in [9.17, 15) is 0 Å². The lowest BCUT2D eigenvalue weighted by molar-refractivity contribution is 0.773. The number of aromatic nitrogens is 4. The molecule has 0 amide bonds. The molecule has 0 radical (unpaired) electrons. The molecular formula is C45H32N4. The Morgan fingerprint density at radius 2 is 1.22 bits per heavy atom. The molecule has 10 rings (SSSR count). The van der Waals surface area contributed by atoms with E-state index in [0.717, 1.165) is 41.3 Å². The lowest BCUT2D eigenvalue weighted by Crippen LogP contribution is -2.35.